The van der Waals surface area contributed by atoms with Crippen molar-refractivity contribution >= 4 is 28.2 Å². The number of carbonyl (C=O) groups excluding carboxylic acids is 2. The Bertz CT molecular complexity index is 714. The molecular weight excluding hydrogens is 324 g/mol. The van der Waals surface area contributed by atoms with E-state index in [0.29, 0.717) is 16.4 Å². The number of nitrogens with zero attached hydrogens (tertiary/aromatic N) is 2. The van der Waals surface area contributed by atoms with Gasteiger partial charge in [-0.05, 0) is 25.5 Å². The van der Waals surface area contributed by atoms with Gasteiger partial charge in [-0.2, -0.15) is 0 Å². The lowest BCUT2D eigenvalue weighted by molar-refractivity contribution is -0.123. The Morgan fingerprint density at radius 3 is 2.67 bits per heavy atom. The molecule has 7 heteroatoms. The van der Waals surface area contributed by atoms with Crippen molar-refractivity contribution in [2.45, 2.75) is 47.2 Å². The molecule has 24 heavy (non-hydrogen) atoms. The van der Waals surface area contributed by atoms with E-state index in [1.165, 1.54) is 11.3 Å². The first-order valence-electron chi connectivity index (χ1n) is 7.85. The molecule has 2 amide bonds. The quantitative estimate of drug-likeness (QED) is 0.872. The van der Waals surface area contributed by atoms with E-state index in [-0.39, 0.29) is 17.9 Å². The van der Waals surface area contributed by atoms with E-state index in [9.17, 15) is 9.59 Å². The van der Waals surface area contributed by atoms with Crippen LogP contribution in [0.1, 0.15) is 42.9 Å². The molecule has 6 nitrogen and oxygen atoms in total. The van der Waals surface area contributed by atoms with Crippen LogP contribution in [0.3, 0.4) is 0 Å². The molecule has 2 rings (SSSR count). The Hall–Kier alpha value is -2.15. The van der Waals surface area contributed by atoms with Crippen molar-refractivity contribution in [3.8, 4) is 0 Å². The Morgan fingerprint density at radius 2 is 2.08 bits per heavy atom. The highest BCUT2D eigenvalue weighted by molar-refractivity contribution is 7.18. The van der Waals surface area contributed by atoms with Crippen molar-refractivity contribution in [3.05, 3.63) is 35.2 Å². The maximum absolute atomic E-state index is 12.5. The first-order valence-corrected chi connectivity index (χ1v) is 8.67. The third kappa shape index (κ3) is 4.67. The highest BCUT2D eigenvalue weighted by Gasteiger charge is 2.23. The number of imidazole rings is 1. The van der Waals surface area contributed by atoms with Crippen LogP contribution in [0.2, 0.25) is 0 Å². The lowest BCUT2D eigenvalue weighted by Crippen LogP contribution is -2.35. The molecule has 0 saturated heterocycles. The molecule has 0 spiro atoms. The lowest BCUT2D eigenvalue weighted by atomic mass is 9.96. The number of hydrogen-bond donors (Lipinski definition) is 2. The molecule has 2 heterocycles. The summed E-state index contributed by atoms with van der Waals surface area (Å²) in [7, 11) is 0. The lowest BCUT2D eigenvalue weighted by Gasteiger charge is -2.16. The number of aryl methyl sites for hydroxylation is 1. The molecule has 2 aromatic heterocycles. The molecule has 0 bridgehead atoms. The molecule has 0 aromatic carbocycles. The van der Waals surface area contributed by atoms with E-state index >= 15 is 0 Å². The smallest absolute Gasteiger partial charge is 0.261 e. The van der Waals surface area contributed by atoms with Crippen LogP contribution in [0.4, 0.5) is 5.00 Å². The number of rotatable bonds is 5. The van der Waals surface area contributed by atoms with Crippen LogP contribution in [0.15, 0.2) is 24.8 Å². The predicted octanol–water partition coefficient (Wildman–Crippen LogP) is 3.06. The summed E-state index contributed by atoms with van der Waals surface area (Å²) in [6.07, 6.45) is 5.29. The van der Waals surface area contributed by atoms with Crippen molar-refractivity contribution in [2.75, 3.05) is 5.32 Å². The number of amides is 2. The molecule has 0 aliphatic heterocycles. The zero-order valence-corrected chi connectivity index (χ0v) is 15.5. The number of aromatic nitrogens is 2. The van der Waals surface area contributed by atoms with E-state index in [4.69, 9.17) is 0 Å². The summed E-state index contributed by atoms with van der Waals surface area (Å²) in [5.41, 5.74) is 0.385. The van der Waals surface area contributed by atoms with Gasteiger partial charge in [-0.1, -0.05) is 20.8 Å². The van der Waals surface area contributed by atoms with Gasteiger partial charge in [0.15, 0.2) is 0 Å². The van der Waals surface area contributed by atoms with Crippen molar-refractivity contribution in [2.24, 2.45) is 5.41 Å². The zero-order chi connectivity index (χ0) is 17.9. The van der Waals surface area contributed by atoms with Crippen molar-refractivity contribution in [1.29, 1.82) is 0 Å². The van der Waals surface area contributed by atoms with Crippen LogP contribution in [0, 0.1) is 12.3 Å². The van der Waals surface area contributed by atoms with Crippen LogP contribution < -0.4 is 10.6 Å². The van der Waals surface area contributed by atoms with Gasteiger partial charge < -0.3 is 15.2 Å². The average Bonchev–Trinajstić information content (AvgIpc) is 3.07. The van der Waals surface area contributed by atoms with E-state index in [1.54, 1.807) is 12.5 Å². The van der Waals surface area contributed by atoms with Gasteiger partial charge in [0.05, 0.1) is 16.2 Å². The maximum atomic E-state index is 12.5. The van der Waals surface area contributed by atoms with Gasteiger partial charge >= 0.3 is 0 Å². The normalized spacial score (nSPS) is 12.7. The topological polar surface area (TPSA) is 76.0 Å². The Kier molecular flexibility index (Phi) is 5.43. The fourth-order valence-corrected chi connectivity index (χ4v) is 3.09. The van der Waals surface area contributed by atoms with Crippen molar-refractivity contribution in [1.82, 2.24) is 14.9 Å². The molecule has 0 aliphatic rings. The highest BCUT2D eigenvalue weighted by atomic mass is 32.1. The minimum Gasteiger partial charge on any atom is -0.347 e. The molecule has 0 aliphatic carbocycles. The molecule has 0 radical (unpaired) electrons. The first kappa shape index (κ1) is 18.2. The molecule has 2 aromatic rings. The van der Waals surface area contributed by atoms with Crippen LogP contribution in [-0.2, 0) is 11.3 Å². The zero-order valence-electron chi connectivity index (χ0n) is 14.7. The number of nitrogens with one attached hydrogen (secondary N) is 2. The van der Waals surface area contributed by atoms with Gasteiger partial charge in [0.1, 0.15) is 0 Å². The van der Waals surface area contributed by atoms with Crippen molar-refractivity contribution in [3.63, 3.8) is 0 Å². The van der Waals surface area contributed by atoms with E-state index in [0.717, 1.165) is 5.56 Å². The molecule has 0 fully saturated rings. The average molecular weight is 348 g/mol. The summed E-state index contributed by atoms with van der Waals surface area (Å²) in [5, 5.41) is 6.55. The second-order valence-corrected chi connectivity index (χ2v) is 8.01. The molecule has 0 unspecified atom stereocenters. The van der Waals surface area contributed by atoms with Crippen LogP contribution in [0.5, 0.6) is 0 Å². The Balaban J connectivity index is 2.01. The minimum absolute atomic E-state index is 0.0270. The maximum Gasteiger partial charge on any atom is 0.261 e. The minimum atomic E-state index is -0.473. The van der Waals surface area contributed by atoms with Crippen LogP contribution in [0.25, 0.3) is 0 Å². The second kappa shape index (κ2) is 7.17. The van der Waals surface area contributed by atoms with Crippen LogP contribution in [-0.4, -0.2) is 27.4 Å². The number of anilines is 1. The fraction of sp³-hybridized carbons (Fsp3) is 0.471. The van der Waals surface area contributed by atoms with E-state index in [2.05, 4.69) is 15.6 Å². The number of thiophene rings is 1. The monoisotopic (exact) mass is 348 g/mol. The summed E-state index contributed by atoms with van der Waals surface area (Å²) in [6.45, 7) is 10.0. The third-order valence-corrected chi connectivity index (χ3v) is 4.61. The van der Waals surface area contributed by atoms with Gasteiger partial charge in [0.25, 0.3) is 5.91 Å². The summed E-state index contributed by atoms with van der Waals surface area (Å²) < 4.78 is 1.92. The fourth-order valence-electron chi connectivity index (χ4n) is 2.11. The summed E-state index contributed by atoms with van der Waals surface area (Å²) in [6, 6.07) is 1.81. The first-order chi connectivity index (χ1) is 11.2. The second-order valence-electron chi connectivity index (χ2n) is 6.96. The molecule has 0 saturated carbocycles. The number of hydrogen-bond acceptors (Lipinski definition) is 4. The van der Waals surface area contributed by atoms with Gasteiger partial charge in [-0.15, -0.1) is 11.3 Å². The molecule has 130 valence electrons. The van der Waals surface area contributed by atoms with Gasteiger partial charge in [-0.3, -0.25) is 9.59 Å². The standard InChI is InChI=1S/C17H24N4O2S/c1-11-8-13(20-16(23)17(3,4)5)24-14(11)15(22)19-12(2)9-21-7-6-18-10-21/h6-8,10,12H,9H2,1-5H3,(H,19,22)(H,20,23)/t12-/m0/s1. The van der Waals surface area contributed by atoms with E-state index in [1.807, 2.05) is 51.4 Å². The molecular formula is C17H24N4O2S. The molecule has 2 N–H and O–H groups in total. The highest BCUT2D eigenvalue weighted by Crippen LogP contribution is 2.28. The Labute approximate surface area is 146 Å². The summed E-state index contributed by atoms with van der Waals surface area (Å²) in [4.78, 5) is 29.1. The predicted molar refractivity (Wildman–Crippen MR) is 96.3 cm³/mol. The summed E-state index contributed by atoms with van der Waals surface area (Å²) in [5.74, 6) is -0.189. The van der Waals surface area contributed by atoms with Gasteiger partial charge in [-0.25, -0.2) is 4.98 Å². The van der Waals surface area contributed by atoms with Gasteiger partial charge in [0, 0.05) is 30.4 Å². The third-order valence-electron chi connectivity index (χ3n) is 3.46. The Morgan fingerprint density at radius 1 is 1.38 bits per heavy atom. The van der Waals surface area contributed by atoms with E-state index < -0.39 is 5.41 Å². The summed E-state index contributed by atoms with van der Waals surface area (Å²) >= 11 is 1.30. The van der Waals surface area contributed by atoms with Crippen LogP contribution >= 0.6 is 11.3 Å². The molecule has 1 atom stereocenters. The van der Waals surface area contributed by atoms with Gasteiger partial charge in [0.2, 0.25) is 5.91 Å². The number of carbonyl (C=O) groups is 2. The van der Waals surface area contributed by atoms with Crippen molar-refractivity contribution < 1.29 is 9.59 Å². The largest absolute Gasteiger partial charge is 0.347 e. The SMILES string of the molecule is Cc1cc(NC(=O)C(C)(C)C)sc1C(=O)N[C@@H](C)Cn1ccnc1.